The Bertz CT molecular complexity index is 894. The van der Waals surface area contributed by atoms with E-state index >= 15 is 0 Å². The number of rotatable bonds is 6. The van der Waals surface area contributed by atoms with Gasteiger partial charge in [0.2, 0.25) is 0 Å². The summed E-state index contributed by atoms with van der Waals surface area (Å²) in [5.74, 6) is 0.0724. The standard InChI is InChI=1S/C22H20FNO2/c1-16-13-19(23)11-12-20(16)24-22(25)15-26-21-10-6-5-9-18(21)14-17-7-3-2-4-8-17/h2-13H,14-15H2,1H3,(H,24,25). The highest BCUT2D eigenvalue weighted by Crippen LogP contribution is 2.22. The molecule has 3 aromatic rings. The molecule has 0 atom stereocenters. The summed E-state index contributed by atoms with van der Waals surface area (Å²) in [6.45, 7) is 1.64. The number of hydrogen-bond donors (Lipinski definition) is 1. The van der Waals surface area contributed by atoms with Crippen LogP contribution in [0.15, 0.2) is 72.8 Å². The Labute approximate surface area is 152 Å². The number of hydrogen-bond acceptors (Lipinski definition) is 2. The molecule has 0 spiro atoms. The summed E-state index contributed by atoms with van der Waals surface area (Å²) < 4.78 is 18.9. The fraction of sp³-hybridized carbons (Fsp3) is 0.136. The van der Waals surface area contributed by atoms with E-state index in [4.69, 9.17) is 4.74 Å². The minimum absolute atomic E-state index is 0.109. The maximum Gasteiger partial charge on any atom is 0.262 e. The van der Waals surface area contributed by atoms with Gasteiger partial charge in [-0.1, -0.05) is 48.5 Å². The van der Waals surface area contributed by atoms with Crippen LogP contribution >= 0.6 is 0 Å². The third-order valence-electron chi connectivity index (χ3n) is 4.03. The number of halogens is 1. The van der Waals surface area contributed by atoms with Crippen molar-refractivity contribution >= 4 is 11.6 Å². The first-order chi connectivity index (χ1) is 12.6. The molecule has 26 heavy (non-hydrogen) atoms. The van der Waals surface area contributed by atoms with Crippen LogP contribution in [0.1, 0.15) is 16.7 Å². The van der Waals surface area contributed by atoms with Crippen LogP contribution in [-0.4, -0.2) is 12.5 Å². The number of ether oxygens (including phenoxy) is 1. The van der Waals surface area contributed by atoms with Gasteiger partial charge in [0.05, 0.1) is 0 Å². The molecule has 0 radical (unpaired) electrons. The molecule has 3 aromatic carbocycles. The van der Waals surface area contributed by atoms with Crippen LogP contribution in [0.4, 0.5) is 10.1 Å². The van der Waals surface area contributed by atoms with Crippen molar-refractivity contribution in [1.29, 1.82) is 0 Å². The molecule has 1 amide bonds. The van der Waals surface area contributed by atoms with Crippen LogP contribution in [0.3, 0.4) is 0 Å². The zero-order valence-corrected chi connectivity index (χ0v) is 14.5. The van der Waals surface area contributed by atoms with E-state index in [-0.39, 0.29) is 18.3 Å². The lowest BCUT2D eigenvalue weighted by Crippen LogP contribution is -2.21. The van der Waals surface area contributed by atoms with Crippen LogP contribution in [-0.2, 0) is 11.2 Å². The molecule has 132 valence electrons. The molecule has 0 unspecified atom stereocenters. The minimum atomic E-state index is -0.327. The molecule has 1 N–H and O–H groups in total. The van der Waals surface area contributed by atoms with Crippen molar-refractivity contribution in [1.82, 2.24) is 0 Å². The molecule has 0 aliphatic heterocycles. The Balaban J connectivity index is 1.63. The van der Waals surface area contributed by atoms with Gasteiger partial charge in [-0.3, -0.25) is 4.79 Å². The Hall–Kier alpha value is -3.14. The monoisotopic (exact) mass is 349 g/mol. The van der Waals surface area contributed by atoms with E-state index in [0.29, 0.717) is 17.0 Å². The lowest BCUT2D eigenvalue weighted by Gasteiger charge is -2.12. The van der Waals surface area contributed by atoms with Crippen LogP contribution in [0.25, 0.3) is 0 Å². The van der Waals surface area contributed by atoms with E-state index in [0.717, 1.165) is 12.0 Å². The van der Waals surface area contributed by atoms with Gasteiger partial charge in [-0.25, -0.2) is 4.39 Å². The van der Waals surface area contributed by atoms with Crippen molar-refractivity contribution < 1.29 is 13.9 Å². The topological polar surface area (TPSA) is 38.3 Å². The Morgan fingerprint density at radius 2 is 1.73 bits per heavy atom. The van der Waals surface area contributed by atoms with Crippen molar-refractivity contribution in [2.45, 2.75) is 13.3 Å². The number of amides is 1. The zero-order chi connectivity index (χ0) is 18.4. The molecule has 0 aromatic heterocycles. The maximum atomic E-state index is 13.1. The van der Waals surface area contributed by atoms with Crippen molar-refractivity contribution in [2.75, 3.05) is 11.9 Å². The Morgan fingerprint density at radius 1 is 1.00 bits per heavy atom. The molecule has 4 heteroatoms. The number of aryl methyl sites for hydroxylation is 1. The van der Waals surface area contributed by atoms with Gasteiger partial charge < -0.3 is 10.1 Å². The number of para-hydroxylation sites is 1. The largest absolute Gasteiger partial charge is 0.483 e. The van der Waals surface area contributed by atoms with Crippen LogP contribution < -0.4 is 10.1 Å². The second-order valence-corrected chi connectivity index (χ2v) is 6.07. The third-order valence-corrected chi connectivity index (χ3v) is 4.03. The van der Waals surface area contributed by atoms with Gasteiger partial charge in [-0.05, 0) is 47.9 Å². The zero-order valence-electron chi connectivity index (χ0n) is 14.5. The van der Waals surface area contributed by atoms with Gasteiger partial charge in [0.1, 0.15) is 11.6 Å². The third kappa shape index (κ3) is 4.70. The molecule has 0 fully saturated rings. The molecule has 3 nitrogen and oxygen atoms in total. The van der Waals surface area contributed by atoms with Crippen molar-refractivity contribution in [2.24, 2.45) is 0 Å². The highest BCUT2D eigenvalue weighted by atomic mass is 19.1. The number of anilines is 1. The molecule has 0 heterocycles. The van der Waals surface area contributed by atoms with Crippen LogP contribution in [0, 0.1) is 12.7 Å². The molecule has 0 bridgehead atoms. The minimum Gasteiger partial charge on any atom is -0.483 e. The first-order valence-corrected chi connectivity index (χ1v) is 8.42. The highest BCUT2D eigenvalue weighted by molar-refractivity contribution is 5.92. The quantitative estimate of drug-likeness (QED) is 0.698. The van der Waals surface area contributed by atoms with Crippen molar-refractivity contribution in [3.05, 3.63) is 95.3 Å². The molecular formula is C22H20FNO2. The van der Waals surface area contributed by atoms with E-state index in [2.05, 4.69) is 17.4 Å². The van der Waals surface area contributed by atoms with E-state index in [1.807, 2.05) is 42.5 Å². The molecule has 0 saturated heterocycles. The van der Waals surface area contributed by atoms with E-state index in [1.54, 1.807) is 13.0 Å². The SMILES string of the molecule is Cc1cc(F)ccc1NC(=O)COc1ccccc1Cc1ccccc1. The predicted molar refractivity (Wildman–Crippen MR) is 101 cm³/mol. The van der Waals surface area contributed by atoms with Gasteiger partial charge in [0.25, 0.3) is 5.91 Å². The number of carbonyl (C=O) groups is 1. The molecule has 0 aliphatic rings. The first kappa shape index (κ1) is 17.7. The summed E-state index contributed by atoms with van der Waals surface area (Å²) in [5, 5.41) is 2.75. The van der Waals surface area contributed by atoms with Gasteiger partial charge >= 0.3 is 0 Å². The summed E-state index contributed by atoms with van der Waals surface area (Å²) in [6, 6.07) is 22.0. The average Bonchev–Trinajstić information content (AvgIpc) is 2.64. The normalized spacial score (nSPS) is 10.4. The smallest absolute Gasteiger partial charge is 0.262 e. The van der Waals surface area contributed by atoms with Crippen LogP contribution in [0.5, 0.6) is 5.75 Å². The highest BCUT2D eigenvalue weighted by Gasteiger charge is 2.09. The summed E-state index contributed by atoms with van der Waals surface area (Å²) in [6.07, 6.45) is 0.732. The fourth-order valence-corrected chi connectivity index (χ4v) is 2.70. The number of nitrogens with one attached hydrogen (secondary N) is 1. The Kier molecular flexibility index (Phi) is 5.64. The summed E-state index contributed by atoms with van der Waals surface area (Å²) in [5.41, 5.74) is 3.44. The second-order valence-electron chi connectivity index (χ2n) is 6.07. The summed E-state index contributed by atoms with van der Waals surface area (Å²) >= 11 is 0. The molecule has 0 saturated carbocycles. The molecule has 3 rings (SSSR count). The lowest BCUT2D eigenvalue weighted by molar-refractivity contribution is -0.118. The maximum absolute atomic E-state index is 13.1. The van der Waals surface area contributed by atoms with Crippen molar-refractivity contribution in [3.8, 4) is 5.75 Å². The van der Waals surface area contributed by atoms with Gasteiger partial charge in [0, 0.05) is 12.1 Å². The second kappa shape index (κ2) is 8.30. The predicted octanol–water partition coefficient (Wildman–Crippen LogP) is 4.74. The van der Waals surface area contributed by atoms with Crippen LogP contribution in [0.2, 0.25) is 0 Å². The summed E-state index contributed by atoms with van der Waals surface area (Å²) in [4.78, 5) is 12.2. The molecular weight excluding hydrogens is 329 g/mol. The van der Waals surface area contributed by atoms with Gasteiger partial charge in [-0.15, -0.1) is 0 Å². The lowest BCUT2D eigenvalue weighted by atomic mass is 10.0. The van der Waals surface area contributed by atoms with Gasteiger partial charge in [-0.2, -0.15) is 0 Å². The number of carbonyl (C=O) groups excluding carboxylic acids is 1. The summed E-state index contributed by atoms with van der Waals surface area (Å²) in [7, 11) is 0. The first-order valence-electron chi connectivity index (χ1n) is 8.42. The number of benzene rings is 3. The van der Waals surface area contributed by atoms with E-state index in [9.17, 15) is 9.18 Å². The molecule has 0 aliphatic carbocycles. The Morgan fingerprint density at radius 3 is 2.50 bits per heavy atom. The van der Waals surface area contributed by atoms with Crippen molar-refractivity contribution in [3.63, 3.8) is 0 Å². The average molecular weight is 349 g/mol. The van der Waals surface area contributed by atoms with E-state index in [1.165, 1.54) is 17.7 Å². The van der Waals surface area contributed by atoms with E-state index < -0.39 is 0 Å². The fourth-order valence-electron chi connectivity index (χ4n) is 2.70. The van der Waals surface area contributed by atoms with Gasteiger partial charge in [0.15, 0.2) is 6.61 Å².